The minimum atomic E-state index is -0.459. The number of carbonyl (C=O) groups is 2. The van der Waals surface area contributed by atoms with Gasteiger partial charge in [-0.1, -0.05) is 31.0 Å². The number of nitrogens with zero attached hydrogens (tertiary/aromatic N) is 2. The number of halogens is 1. The minimum Gasteiger partial charge on any atom is -0.493 e. The SMILES string of the molecule is CC(C)(C)OC(=O)N1CCN(C=O)CC1.CNc1ccc(CCCCCCOc2cccc(F)c2)cc1. The lowest BCUT2D eigenvalue weighted by molar-refractivity contribution is -0.119. The van der Waals surface area contributed by atoms with Crippen LogP contribution in [0.2, 0.25) is 0 Å². The lowest BCUT2D eigenvalue weighted by Crippen LogP contribution is -2.49. The van der Waals surface area contributed by atoms with Gasteiger partial charge in [0, 0.05) is 45.0 Å². The van der Waals surface area contributed by atoms with Gasteiger partial charge in [0.15, 0.2) is 0 Å². The van der Waals surface area contributed by atoms with Crippen molar-refractivity contribution in [3.05, 3.63) is 59.9 Å². The fourth-order valence-electron chi connectivity index (χ4n) is 3.71. The van der Waals surface area contributed by atoms with Crippen LogP contribution in [0, 0.1) is 5.82 Å². The van der Waals surface area contributed by atoms with E-state index in [0.717, 1.165) is 31.4 Å². The molecule has 0 atom stereocenters. The minimum absolute atomic E-state index is 0.248. The van der Waals surface area contributed by atoms with Gasteiger partial charge in [-0.2, -0.15) is 0 Å². The first kappa shape index (κ1) is 29.9. The smallest absolute Gasteiger partial charge is 0.410 e. The first-order valence-corrected chi connectivity index (χ1v) is 13.0. The Balaban J connectivity index is 0.000000281. The molecule has 0 aliphatic carbocycles. The molecule has 2 amide bonds. The van der Waals surface area contributed by atoms with E-state index in [1.165, 1.54) is 30.5 Å². The van der Waals surface area contributed by atoms with Crippen molar-refractivity contribution in [1.29, 1.82) is 0 Å². The Bertz CT molecular complexity index is 939. The molecule has 2 aromatic carbocycles. The Hall–Kier alpha value is -3.29. The van der Waals surface area contributed by atoms with E-state index in [2.05, 4.69) is 29.6 Å². The fraction of sp³-hybridized carbons (Fsp3) is 0.517. The van der Waals surface area contributed by atoms with E-state index in [4.69, 9.17) is 9.47 Å². The molecular weight excluding hydrogens is 473 g/mol. The second kappa shape index (κ2) is 15.7. The Labute approximate surface area is 220 Å². The number of hydrogen-bond donors (Lipinski definition) is 1. The van der Waals surface area contributed by atoms with Crippen LogP contribution in [0.4, 0.5) is 14.9 Å². The number of anilines is 1. The molecule has 0 unspecified atom stereocenters. The van der Waals surface area contributed by atoms with E-state index < -0.39 is 5.60 Å². The number of carbonyl (C=O) groups excluding carboxylic acids is 2. The third-order valence-electron chi connectivity index (χ3n) is 5.78. The van der Waals surface area contributed by atoms with Crippen molar-refractivity contribution in [2.24, 2.45) is 0 Å². The van der Waals surface area contributed by atoms with E-state index in [-0.39, 0.29) is 11.9 Å². The molecule has 1 N–H and O–H groups in total. The number of ether oxygens (including phenoxy) is 2. The molecule has 1 saturated heterocycles. The summed E-state index contributed by atoms with van der Waals surface area (Å²) in [6.45, 7) is 8.44. The van der Waals surface area contributed by atoms with Crippen molar-refractivity contribution in [2.75, 3.05) is 45.2 Å². The van der Waals surface area contributed by atoms with Gasteiger partial charge in [0.05, 0.1) is 6.61 Å². The summed E-state index contributed by atoms with van der Waals surface area (Å²) in [4.78, 5) is 25.3. The molecule has 7 nitrogen and oxygen atoms in total. The van der Waals surface area contributed by atoms with Crippen LogP contribution in [-0.4, -0.2) is 67.7 Å². The maximum atomic E-state index is 13.0. The second-order valence-electron chi connectivity index (χ2n) is 10.0. The molecule has 2 aromatic rings. The first-order chi connectivity index (χ1) is 17.7. The summed E-state index contributed by atoms with van der Waals surface area (Å²) in [6.07, 6.45) is 6.17. The molecule has 0 saturated carbocycles. The number of rotatable bonds is 10. The summed E-state index contributed by atoms with van der Waals surface area (Å²) >= 11 is 0. The van der Waals surface area contributed by atoms with Gasteiger partial charge in [0.2, 0.25) is 6.41 Å². The van der Waals surface area contributed by atoms with Gasteiger partial charge in [0.1, 0.15) is 17.2 Å². The summed E-state index contributed by atoms with van der Waals surface area (Å²) < 4.78 is 23.7. The number of hydrogen-bond acceptors (Lipinski definition) is 5. The lowest BCUT2D eigenvalue weighted by atomic mass is 10.1. The Morgan fingerprint density at radius 2 is 1.68 bits per heavy atom. The van der Waals surface area contributed by atoms with Crippen molar-refractivity contribution >= 4 is 18.2 Å². The van der Waals surface area contributed by atoms with Crippen LogP contribution >= 0.6 is 0 Å². The standard InChI is InChI=1S/C19H24FNO.C10H18N2O3/c1-21-18-12-10-16(11-13-18)7-4-2-3-5-14-22-19-9-6-8-17(20)15-19;1-10(2,3)15-9(14)12-6-4-11(8-13)5-7-12/h6,8-13,15,21H,2-5,7,14H2,1H3;8H,4-7H2,1-3H3. The van der Waals surface area contributed by atoms with E-state index in [1.807, 2.05) is 27.8 Å². The summed E-state index contributed by atoms with van der Waals surface area (Å²) in [5.74, 6) is 0.367. The van der Waals surface area contributed by atoms with Gasteiger partial charge >= 0.3 is 6.09 Å². The Morgan fingerprint density at radius 1 is 1.00 bits per heavy atom. The summed E-state index contributed by atoms with van der Waals surface area (Å²) in [5.41, 5.74) is 2.08. The van der Waals surface area contributed by atoms with Crippen LogP contribution in [0.1, 0.15) is 52.0 Å². The van der Waals surface area contributed by atoms with Crippen LogP contribution in [0.15, 0.2) is 48.5 Å². The molecule has 37 heavy (non-hydrogen) atoms. The molecule has 1 heterocycles. The van der Waals surface area contributed by atoms with Gasteiger partial charge in [-0.25, -0.2) is 9.18 Å². The zero-order valence-electron chi connectivity index (χ0n) is 22.7. The highest BCUT2D eigenvalue weighted by molar-refractivity contribution is 5.68. The number of piperazine rings is 1. The monoisotopic (exact) mass is 515 g/mol. The molecular formula is C29H42FN3O4. The third-order valence-corrected chi connectivity index (χ3v) is 5.78. The third kappa shape index (κ3) is 12.5. The summed E-state index contributed by atoms with van der Waals surface area (Å²) in [6, 6.07) is 14.9. The number of amides is 2. The molecule has 1 aliphatic rings. The van der Waals surface area contributed by atoms with Gasteiger partial charge in [-0.05, 0) is 69.9 Å². The molecule has 204 valence electrons. The average Bonchev–Trinajstić information content (AvgIpc) is 2.88. The van der Waals surface area contributed by atoms with Gasteiger partial charge in [-0.15, -0.1) is 0 Å². The highest BCUT2D eigenvalue weighted by Gasteiger charge is 2.25. The van der Waals surface area contributed by atoms with Crippen LogP contribution in [0.3, 0.4) is 0 Å². The van der Waals surface area contributed by atoms with Gasteiger partial charge < -0.3 is 24.6 Å². The number of benzene rings is 2. The van der Waals surface area contributed by atoms with Crippen molar-refractivity contribution in [3.8, 4) is 5.75 Å². The van der Waals surface area contributed by atoms with E-state index >= 15 is 0 Å². The van der Waals surface area contributed by atoms with E-state index in [0.29, 0.717) is 38.5 Å². The zero-order valence-corrected chi connectivity index (χ0v) is 22.7. The molecule has 0 radical (unpaired) electrons. The van der Waals surface area contributed by atoms with E-state index in [9.17, 15) is 14.0 Å². The van der Waals surface area contributed by atoms with Crippen LogP contribution < -0.4 is 10.1 Å². The maximum absolute atomic E-state index is 13.0. The van der Waals surface area contributed by atoms with Crippen molar-refractivity contribution in [3.63, 3.8) is 0 Å². The summed E-state index contributed by atoms with van der Waals surface area (Å²) in [7, 11) is 1.93. The lowest BCUT2D eigenvalue weighted by Gasteiger charge is -2.33. The normalized spacial score (nSPS) is 13.3. The second-order valence-corrected chi connectivity index (χ2v) is 10.0. The highest BCUT2D eigenvalue weighted by atomic mass is 19.1. The number of nitrogens with one attached hydrogen (secondary N) is 1. The molecule has 0 bridgehead atoms. The summed E-state index contributed by atoms with van der Waals surface area (Å²) in [5, 5.41) is 3.12. The predicted molar refractivity (Wildman–Crippen MR) is 145 cm³/mol. The maximum Gasteiger partial charge on any atom is 0.410 e. The zero-order chi connectivity index (χ0) is 27.1. The number of unbranched alkanes of at least 4 members (excludes halogenated alkanes) is 3. The van der Waals surface area contributed by atoms with Crippen LogP contribution in [0.25, 0.3) is 0 Å². The molecule has 1 fully saturated rings. The quantitative estimate of drug-likeness (QED) is 0.323. The van der Waals surface area contributed by atoms with Crippen LogP contribution in [0.5, 0.6) is 5.75 Å². The van der Waals surface area contributed by atoms with Crippen molar-refractivity contribution < 1.29 is 23.5 Å². The van der Waals surface area contributed by atoms with Gasteiger partial charge in [-0.3, -0.25) is 4.79 Å². The highest BCUT2D eigenvalue weighted by Crippen LogP contribution is 2.15. The van der Waals surface area contributed by atoms with Gasteiger partial charge in [0.25, 0.3) is 0 Å². The predicted octanol–water partition coefficient (Wildman–Crippen LogP) is 5.74. The average molecular weight is 516 g/mol. The first-order valence-electron chi connectivity index (χ1n) is 13.0. The number of aryl methyl sites for hydroxylation is 1. The molecule has 1 aliphatic heterocycles. The largest absolute Gasteiger partial charge is 0.493 e. The molecule has 8 heteroatoms. The fourth-order valence-corrected chi connectivity index (χ4v) is 3.71. The Morgan fingerprint density at radius 3 is 2.27 bits per heavy atom. The van der Waals surface area contributed by atoms with Crippen molar-refractivity contribution in [1.82, 2.24) is 9.80 Å². The molecule has 0 aromatic heterocycles. The Kier molecular flexibility index (Phi) is 12.7. The van der Waals surface area contributed by atoms with Crippen LogP contribution in [-0.2, 0) is 16.0 Å². The van der Waals surface area contributed by atoms with Crippen molar-refractivity contribution in [2.45, 2.75) is 58.5 Å². The molecule has 0 spiro atoms. The molecule has 3 rings (SSSR count). The topological polar surface area (TPSA) is 71.1 Å². The van der Waals surface area contributed by atoms with E-state index in [1.54, 1.807) is 21.9 Å².